The van der Waals surface area contributed by atoms with Crippen LogP contribution < -0.4 is 19.1 Å². The number of ether oxygens (including phenoxy) is 2. The van der Waals surface area contributed by atoms with Crippen molar-refractivity contribution in [1.82, 2.24) is 0 Å². The number of halogens is 1. The Kier molecular flexibility index (Phi) is 8.64. The summed E-state index contributed by atoms with van der Waals surface area (Å²) in [5, 5.41) is 3.27. The van der Waals surface area contributed by atoms with Crippen LogP contribution in [-0.2, 0) is 14.8 Å². The van der Waals surface area contributed by atoms with Gasteiger partial charge in [0.2, 0.25) is 15.9 Å². The van der Waals surface area contributed by atoms with Gasteiger partial charge in [0.1, 0.15) is 11.5 Å². The van der Waals surface area contributed by atoms with Crippen LogP contribution in [0.5, 0.6) is 17.2 Å². The van der Waals surface area contributed by atoms with E-state index < -0.39 is 10.0 Å². The molecule has 0 heterocycles. The van der Waals surface area contributed by atoms with Gasteiger partial charge in [-0.2, -0.15) is 0 Å². The van der Waals surface area contributed by atoms with E-state index in [0.717, 1.165) is 11.1 Å². The number of hydrogen-bond donors (Lipinski definition) is 1. The van der Waals surface area contributed by atoms with Gasteiger partial charge in [0.05, 0.1) is 24.7 Å². The molecule has 35 heavy (non-hydrogen) atoms. The van der Waals surface area contributed by atoms with E-state index in [1.54, 1.807) is 55.6 Å². The molecule has 0 aromatic heterocycles. The number of methoxy groups -OCH3 is 1. The highest BCUT2D eigenvalue weighted by Gasteiger charge is 2.20. The summed E-state index contributed by atoms with van der Waals surface area (Å²) in [4.78, 5) is 12.7. The lowest BCUT2D eigenvalue weighted by atomic mass is 10.1. The van der Waals surface area contributed by atoms with Crippen molar-refractivity contribution >= 4 is 38.9 Å². The van der Waals surface area contributed by atoms with Gasteiger partial charge in [-0.15, -0.1) is 0 Å². The maximum absolute atomic E-state index is 12.7. The maximum Gasteiger partial charge on any atom is 0.232 e. The first kappa shape index (κ1) is 26.4. The van der Waals surface area contributed by atoms with Crippen LogP contribution in [0.2, 0.25) is 5.02 Å². The normalized spacial score (nSPS) is 11.1. The van der Waals surface area contributed by atoms with Gasteiger partial charge in [0.25, 0.3) is 0 Å². The Balaban J connectivity index is 1.69. The molecular weight excluding hydrogens is 488 g/mol. The fourth-order valence-corrected chi connectivity index (χ4v) is 4.74. The summed E-state index contributed by atoms with van der Waals surface area (Å²) in [7, 11) is -1.95. The number of rotatable bonds is 10. The molecule has 3 rings (SSSR count). The van der Waals surface area contributed by atoms with Crippen LogP contribution in [0.25, 0.3) is 0 Å². The average Bonchev–Trinajstić information content (AvgIpc) is 2.80. The van der Waals surface area contributed by atoms with Crippen LogP contribution in [0.15, 0.2) is 60.7 Å². The summed E-state index contributed by atoms with van der Waals surface area (Å²) < 4.78 is 37.4. The highest BCUT2D eigenvalue weighted by molar-refractivity contribution is 7.92. The van der Waals surface area contributed by atoms with Gasteiger partial charge in [-0.25, -0.2) is 8.42 Å². The third-order valence-corrected chi connectivity index (χ3v) is 6.91. The molecule has 3 aromatic carbocycles. The van der Waals surface area contributed by atoms with Gasteiger partial charge < -0.3 is 14.8 Å². The number of amides is 1. The summed E-state index contributed by atoms with van der Waals surface area (Å²) >= 11 is 6.14. The SMILES string of the molecule is COc1cccc(Oc2ccc(Cl)cc2NC(=O)CCCN(c2cccc(C)c2C)S(C)(=O)=O)c1. The van der Waals surface area contributed by atoms with E-state index in [9.17, 15) is 13.2 Å². The summed E-state index contributed by atoms with van der Waals surface area (Å²) in [6.45, 7) is 4.00. The van der Waals surface area contributed by atoms with Crippen molar-refractivity contribution in [3.8, 4) is 17.2 Å². The molecule has 0 aliphatic carbocycles. The molecule has 186 valence electrons. The Morgan fingerprint density at radius 3 is 2.46 bits per heavy atom. The largest absolute Gasteiger partial charge is 0.497 e. The van der Waals surface area contributed by atoms with Crippen LogP contribution in [0.1, 0.15) is 24.0 Å². The first-order valence-electron chi connectivity index (χ1n) is 11.0. The Labute approximate surface area is 211 Å². The smallest absolute Gasteiger partial charge is 0.232 e. The quantitative estimate of drug-likeness (QED) is 0.360. The number of benzene rings is 3. The van der Waals surface area contributed by atoms with Gasteiger partial charge >= 0.3 is 0 Å². The first-order valence-corrected chi connectivity index (χ1v) is 13.3. The Hall–Kier alpha value is -3.23. The molecule has 0 spiro atoms. The number of sulfonamides is 1. The van der Waals surface area contributed by atoms with Crippen molar-refractivity contribution in [2.45, 2.75) is 26.7 Å². The standard InChI is InChI=1S/C26H29ClN2O5S/c1-18-8-5-11-24(19(18)2)29(35(4,31)32)15-7-12-26(30)28-23-16-20(27)13-14-25(23)34-22-10-6-9-21(17-22)33-3/h5-6,8-11,13-14,16-17H,7,12,15H2,1-4H3,(H,28,30). The maximum atomic E-state index is 12.7. The lowest BCUT2D eigenvalue weighted by Gasteiger charge is -2.25. The highest BCUT2D eigenvalue weighted by atomic mass is 35.5. The van der Waals surface area contributed by atoms with Crippen molar-refractivity contribution in [3.63, 3.8) is 0 Å². The minimum Gasteiger partial charge on any atom is -0.497 e. The third kappa shape index (κ3) is 7.13. The molecule has 0 aliphatic heterocycles. The van der Waals surface area contributed by atoms with Crippen molar-refractivity contribution in [3.05, 3.63) is 76.8 Å². The minimum atomic E-state index is -3.51. The van der Waals surface area contributed by atoms with Gasteiger partial charge in [0, 0.05) is 24.1 Å². The van der Waals surface area contributed by atoms with Crippen LogP contribution in [0, 0.1) is 13.8 Å². The number of hydrogen-bond acceptors (Lipinski definition) is 5. The van der Waals surface area contributed by atoms with Crippen LogP contribution in [0.3, 0.4) is 0 Å². The zero-order chi connectivity index (χ0) is 25.6. The molecule has 0 aliphatic rings. The van der Waals surface area contributed by atoms with Crippen molar-refractivity contribution in [1.29, 1.82) is 0 Å². The Morgan fingerprint density at radius 2 is 1.74 bits per heavy atom. The molecule has 3 aromatic rings. The molecule has 1 amide bonds. The second-order valence-electron chi connectivity index (χ2n) is 8.13. The second kappa shape index (κ2) is 11.5. The number of nitrogens with one attached hydrogen (secondary N) is 1. The third-order valence-electron chi connectivity index (χ3n) is 5.49. The monoisotopic (exact) mass is 516 g/mol. The summed E-state index contributed by atoms with van der Waals surface area (Å²) in [5.74, 6) is 1.32. The van der Waals surface area contributed by atoms with Crippen LogP contribution in [-0.4, -0.2) is 34.2 Å². The fourth-order valence-electron chi connectivity index (χ4n) is 3.55. The fraction of sp³-hybridized carbons (Fsp3) is 0.269. The molecule has 0 saturated carbocycles. The van der Waals surface area contributed by atoms with Crippen LogP contribution >= 0.6 is 11.6 Å². The Bertz CT molecular complexity index is 1310. The van der Waals surface area contributed by atoms with E-state index in [1.165, 1.54) is 10.6 Å². The highest BCUT2D eigenvalue weighted by Crippen LogP contribution is 2.33. The van der Waals surface area contributed by atoms with Crippen molar-refractivity contribution in [2.75, 3.05) is 29.5 Å². The van der Waals surface area contributed by atoms with Crippen LogP contribution in [0.4, 0.5) is 11.4 Å². The predicted molar refractivity (Wildman–Crippen MR) is 140 cm³/mol. The molecular formula is C26H29ClN2O5S. The topological polar surface area (TPSA) is 84.9 Å². The van der Waals surface area contributed by atoms with Gasteiger partial charge in [-0.3, -0.25) is 9.10 Å². The van der Waals surface area contributed by atoms with E-state index in [-0.39, 0.29) is 18.9 Å². The van der Waals surface area contributed by atoms with Gasteiger partial charge in [0.15, 0.2) is 5.75 Å². The van der Waals surface area contributed by atoms with E-state index in [2.05, 4.69) is 5.32 Å². The van der Waals surface area contributed by atoms with E-state index in [4.69, 9.17) is 21.1 Å². The zero-order valence-corrected chi connectivity index (χ0v) is 21.7. The number of carbonyl (C=O) groups excluding carboxylic acids is 1. The van der Waals surface area contributed by atoms with E-state index >= 15 is 0 Å². The van der Waals surface area contributed by atoms with Gasteiger partial charge in [-0.1, -0.05) is 29.8 Å². The molecule has 0 radical (unpaired) electrons. The summed E-state index contributed by atoms with van der Waals surface area (Å²) in [5.41, 5.74) is 2.93. The molecule has 9 heteroatoms. The molecule has 0 bridgehead atoms. The van der Waals surface area contributed by atoms with Gasteiger partial charge in [-0.05, 0) is 67.8 Å². The molecule has 0 atom stereocenters. The minimum absolute atomic E-state index is 0.113. The van der Waals surface area contributed by atoms with Crippen molar-refractivity contribution < 1.29 is 22.7 Å². The van der Waals surface area contributed by atoms with Crippen molar-refractivity contribution in [2.24, 2.45) is 0 Å². The zero-order valence-electron chi connectivity index (χ0n) is 20.2. The summed E-state index contributed by atoms with van der Waals surface area (Å²) in [6.07, 6.45) is 1.62. The lowest BCUT2D eigenvalue weighted by Crippen LogP contribution is -2.32. The second-order valence-corrected chi connectivity index (χ2v) is 10.5. The first-order chi connectivity index (χ1) is 16.6. The Morgan fingerprint density at radius 1 is 1.03 bits per heavy atom. The van der Waals surface area contributed by atoms with E-state index in [1.807, 2.05) is 26.0 Å². The molecule has 7 nitrogen and oxygen atoms in total. The molecule has 0 fully saturated rings. The number of carbonyl (C=O) groups is 1. The van der Waals surface area contributed by atoms with E-state index in [0.29, 0.717) is 40.1 Å². The number of aryl methyl sites for hydroxylation is 1. The predicted octanol–water partition coefficient (Wildman–Crippen LogP) is 5.94. The summed E-state index contributed by atoms with van der Waals surface area (Å²) in [6, 6.07) is 17.6. The number of nitrogens with zero attached hydrogens (tertiary/aromatic N) is 1. The molecule has 0 unspecified atom stereocenters. The average molecular weight is 517 g/mol. The number of anilines is 2. The lowest BCUT2D eigenvalue weighted by molar-refractivity contribution is -0.116. The molecule has 0 saturated heterocycles. The molecule has 1 N–H and O–H groups in total.